The highest BCUT2D eigenvalue weighted by Crippen LogP contribution is 2.07. The number of hydrogen-bond acceptors (Lipinski definition) is 3. The van der Waals surface area contributed by atoms with Gasteiger partial charge in [0.25, 0.3) is 0 Å². The first-order valence-electron chi connectivity index (χ1n) is 6.36. The number of esters is 1. The van der Waals surface area contributed by atoms with Crippen molar-refractivity contribution >= 4 is 5.97 Å². The molecule has 0 spiro atoms. The number of halogens is 1. The van der Waals surface area contributed by atoms with Crippen molar-refractivity contribution in [2.45, 2.75) is 19.1 Å². The largest absolute Gasteiger partial charge is 0.460 e. The topological polar surface area (TPSA) is 52.3 Å². The Morgan fingerprint density at radius 1 is 1.05 bits per heavy atom. The predicted octanol–water partition coefficient (Wildman–Crippen LogP) is 2.44. The second-order valence-electron chi connectivity index (χ2n) is 4.53. The number of hydrogen-bond donors (Lipinski definition) is 1. The first-order valence-corrected chi connectivity index (χ1v) is 6.36. The second kappa shape index (κ2) is 6.82. The molecule has 2 N–H and O–H groups in total. The second-order valence-corrected chi connectivity index (χ2v) is 4.53. The lowest BCUT2D eigenvalue weighted by atomic mass is 10.1. The normalized spacial score (nSPS) is 11.9. The van der Waals surface area contributed by atoms with Gasteiger partial charge in [0, 0.05) is 0 Å². The summed E-state index contributed by atoms with van der Waals surface area (Å²) in [6.45, 7) is 0.205. The average molecular weight is 273 g/mol. The van der Waals surface area contributed by atoms with Crippen molar-refractivity contribution in [3.8, 4) is 0 Å². The van der Waals surface area contributed by atoms with Crippen molar-refractivity contribution in [2.24, 2.45) is 5.73 Å². The van der Waals surface area contributed by atoms with Crippen LogP contribution < -0.4 is 5.73 Å². The molecule has 0 heterocycles. The minimum atomic E-state index is -0.746. The molecule has 2 aromatic rings. The van der Waals surface area contributed by atoms with Gasteiger partial charge in [0.05, 0.1) is 0 Å². The summed E-state index contributed by atoms with van der Waals surface area (Å²) in [5, 5.41) is 0. The summed E-state index contributed by atoms with van der Waals surface area (Å²) in [4.78, 5) is 11.8. The van der Waals surface area contributed by atoms with Crippen LogP contribution in [0, 0.1) is 5.82 Å². The molecule has 3 nitrogen and oxygen atoms in total. The summed E-state index contributed by atoms with van der Waals surface area (Å²) in [7, 11) is 0. The molecule has 0 saturated carbocycles. The van der Waals surface area contributed by atoms with E-state index in [1.807, 2.05) is 30.3 Å². The summed E-state index contributed by atoms with van der Waals surface area (Å²) in [5.74, 6) is -0.771. The number of ether oxygens (including phenoxy) is 1. The maximum absolute atomic E-state index is 12.8. The van der Waals surface area contributed by atoms with Gasteiger partial charge in [0.1, 0.15) is 18.5 Å². The maximum atomic E-state index is 12.8. The fourth-order valence-electron chi connectivity index (χ4n) is 1.79. The van der Waals surface area contributed by atoms with Crippen LogP contribution in [-0.4, -0.2) is 12.0 Å². The molecule has 0 aliphatic rings. The Labute approximate surface area is 117 Å². The lowest BCUT2D eigenvalue weighted by molar-refractivity contribution is -0.146. The molecule has 0 aromatic heterocycles. The fraction of sp³-hybridized carbons (Fsp3) is 0.188. The number of carbonyl (C=O) groups is 1. The number of benzene rings is 2. The number of carbonyl (C=O) groups excluding carboxylic acids is 1. The van der Waals surface area contributed by atoms with Crippen molar-refractivity contribution in [3.05, 3.63) is 71.5 Å². The molecule has 2 rings (SSSR count). The van der Waals surface area contributed by atoms with Crippen molar-refractivity contribution < 1.29 is 13.9 Å². The Morgan fingerprint density at radius 3 is 2.35 bits per heavy atom. The third kappa shape index (κ3) is 4.17. The summed E-state index contributed by atoms with van der Waals surface area (Å²) < 4.78 is 17.9. The van der Waals surface area contributed by atoms with Gasteiger partial charge >= 0.3 is 5.97 Å². The first-order chi connectivity index (χ1) is 9.65. The Kier molecular flexibility index (Phi) is 4.85. The molecule has 104 valence electrons. The van der Waals surface area contributed by atoms with Gasteiger partial charge in [-0.2, -0.15) is 0 Å². The van der Waals surface area contributed by atoms with E-state index in [1.54, 1.807) is 12.1 Å². The van der Waals surface area contributed by atoms with Crippen LogP contribution in [0.2, 0.25) is 0 Å². The van der Waals surface area contributed by atoms with Crippen LogP contribution in [0.4, 0.5) is 4.39 Å². The molecular formula is C16H16FNO2. The van der Waals surface area contributed by atoms with Gasteiger partial charge in [-0.15, -0.1) is 0 Å². The zero-order chi connectivity index (χ0) is 14.4. The Hall–Kier alpha value is -2.20. The van der Waals surface area contributed by atoms with Crippen LogP contribution in [-0.2, 0) is 22.6 Å². The van der Waals surface area contributed by atoms with E-state index in [0.717, 1.165) is 11.1 Å². The van der Waals surface area contributed by atoms with Crippen molar-refractivity contribution in [2.75, 3.05) is 0 Å². The van der Waals surface area contributed by atoms with Gasteiger partial charge in [0.2, 0.25) is 0 Å². The smallest absolute Gasteiger partial charge is 0.323 e. The zero-order valence-electron chi connectivity index (χ0n) is 11.0. The Balaban J connectivity index is 1.84. The molecule has 4 heteroatoms. The van der Waals surface area contributed by atoms with Crippen LogP contribution in [0.25, 0.3) is 0 Å². The minimum absolute atomic E-state index is 0.205. The van der Waals surface area contributed by atoms with Crippen LogP contribution in [0.3, 0.4) is 0 Å². The van der Waals surface area contributed by atoms with E-state index in [4.69, 9.17) is 10.5 Å². The van der Waals surface area contributed by atoms with E-state index in [0.29, 0.717) is 6.42 Å². The molecule has 0 aliphatic carbocycles. The molecule has 20 heavy (non-hydrogen) atoms. The third-order valence-corrected chi connectivity index (χ3v) is 2.90. The van der Waals surface area contributed by atoms with Gasteiger partial charge in [-0.05, 0) is 29.7 Å². The van der Waals surface area contributed by atoms with Crippen molar-refractivity contribution in [1.29, 1.82) is 0 Å². The minimum Gasteiger partial charge on any atom is -0.460 e. The quantitative estimate of drug-likeness (QED) is 0.851. The third-order valence-electron chi connectivity index (χ3n) is 2.90. The molecule has 0 fully saturated rings. The van der Waals surface area contributed by atoms with Crippen molar-refractivity contribution in [3.63, 3.8) is 0 Å². The van der Waals surface area contributed by atoms with Crippen LogP contribution in [0.15, 0.2) is 54.6 Å². The lowest BCUT2D eigenvalue weighted by Crippen LogP contribution is -2.34. The molecular weight excluding hydrogens is 257 g/mol. The lowest BCUT2D eigenvalue weighted by Gasteiger charge is -2.11. The van der Waals surface area contributed by atoms with Crippen LogP contribution in [0.1, 0.15) is 11.1 Å². The highest BCUT2D eigenvalue weighted by atomic mass is 19.1. The average Bonchev–Trinajstić information content (AvgIpc) is 2.48. The van der Waals surface area contributed by atoms with E-state index < -0.39 is 12.0 Å². The molecule has 1 unspecified atom stereocenters. The molecule has 2 aromatic carbocycles. The summed E-state index contributed by atoms with van der Waals surface area (Å²) in [6, 6.07) is 14.6. The fourth-order valence-corrected chi connectivity index (χ4v) is 1.79. The predicted molar refractivity (Wildman–Crippen MR) is 74.3 cm³/mol. The summed E-state index contributed by atoms with van der Waals surface area (Å²) in [6.07, 6.45) is 0.327. The molecule has 0 saturated heterocycles. The molecule has 0 amide bonds. The molecule has 0 radical (unpaired) electrons. The van der Waals surface area contributed by atoms with Gasteiger partial charge in [-0.1, -0.05) is 42.5 Å². The van der Waals surface area contributed by atoms with E-state index in [-0.39, 0.29) is 12.4 Å². The Morgan fingerprint density at radius 2 is 1.70 bits per heavy atom. The van der Waals surface area contributed by atoms with Crippen molar-refractivity contribution in [1.82, 2.24) is 0 Å². The SMILES string of the molecule is NC(Cc1ccc(F)cc1)C(=O)OCc1ccccc1. The van der Waals surface area contributed by atoms with E-state index in [2.05, 4.69) is 0 Å². The van der Waals surface area contributed by atoms with Gasteiger partial charge < -0.3 is 10.5 Å². The molecule has 0 bridgehead atoms. The zero-order valence-corrected chi connectivity index (χ0v) is 11.0. The monoisotopic (exact) mass is 273 g/mol. The highest BCUT2D eigenvalue weighted by molar-refractivity contribution is 5.75. The maximum Gasteiger partial charge on any atom is 0.323 e. The highest BCUT2D eigenvalue weighted by Gasteiger charge is 2.15. The van der Waals surface area contributed by atoms with Crippen LogP contribution in [0.5, 0.6) is 0 Å². The number of rotatable bonds is 5. The summed E-state index contributed by atoms with van der Waals surface area (Å²) in [5.41, 5.74) is 7.50. The standard InChI is InChI=1S/C16H16FNO2/c17-14-8-6-12(7-9-14)10-15(18)16(19)20-11-13-4-2-1-3-5-13/h1-9,15H,10-11,18H2. The van der Waals surface area contributed by atoms with Crippen LogP contribution >= 0.6 is 0 Å². The summed E-state index contributed by atoms with van der Waals surface area (Å²) >= 11 is 0. The Bertz CT molecular complexity index is 554. The van der Waals surface area contributed by atoms with Gasteiger partial charge in [-0.3, -0.25) is 4.79 Å². The number of nitrogens with two attached hydrogens (primary N) is 1. The first kappa shape index (κ1) is 14.2. The van der Waals surface area contributed by atoms with E-state index in [9.17, 15) is 9.18 Å². The molecule has 1 atom stereocenters. The van der Waals surface area contributed by atoms with Gasteiger partial charge in [-0.25, -0.2) is 4.39 Å². The van der Waals surface area contributed by atoms with Gasteiger partial charge in [0.15, 0.2) is 0 Å². The molecule has 0 aliphatic heterocycles. The van der Waals surface area contributed by atoms with E-state index >= 15 is 0 Å². The van der Waals surface area contributed by atoms with E-state index in [1.165, 1.54) is 12.1 Å².